The first-order chi connectivity index (χ1) is 9.33. The first kappa shape index (κ1) is 11.8. The third-order valence-electron chi connectivity index (χ3n) is 3.18. The van der Waals surface area contributed by atoms with Crippen molar-refractivity contribution in [1.29, 1.82) is 0 Å². The summed E-state index contributed by atoms with van der Waals surface area (Å²) < 4.78 is 0. The Balaban J connectivity index is 1.73. The molecular formula is C15H15N3O. The van der Waals surface area contributed by atoms with Gasteiger partial charge >= 0.3 is 0 Å². The predicted molar refractivity (Wildman–Crippen MR) is 75.1 cm³/mol. The van der Waals surface area contributed by atoms with E-state index in [1.165, 1.54) is 0 Å². The number of allylic oxidation sites excluding steroid dienone is 2. The van der Waals surface area contributed by atoms with E-state index in [1.54, 1.807) is 12.4 Å². The fourth-order valence-corrected chi connectivity index (χ4v) is 2.05. The highest BCUT2D eigenvalue weighted by Crippen LogP contribution is 2.19. The maximum atomic E-state index is 5.49. The summed E-state index contributed by atoms with van der Waals surface area (Å²) in [6.07, 6.45) is 12.2. The molecule has 0 saturated carbocycles. The molecule has 0 spiro atoms. The highest BCUT2D eigenvalue weighted by Gasteiger charge is 2.26. The molecule has 2 unspecified atom stereocenters. The molecule has 0 radical (unpaired) electrons. The van der Waals surface area contributed by atoms with Crippen LogP contribution in [0.4, 0.5) is 0 Å². The van der Waals surface area contributed by atoms with Crippen LogP contribution in [0.5, 0.6) is 0 Å². The summed E-state index contributed by atoms with van der Waals surface area (Å²) in [7, 11) is 0. The van der Waals surface area contributed by atoms with Gasteiger partial charge in [-0.2, -0.15) is 0 Å². The maximum Gasteiger partial charge on any atom is 0.174 e. The summed E-state index contributed by atoms with van der Waals surface area (Å²) in [4.78, 5) is 14.0. The number of pyridine rings is 1. The smallest absolute Gasteiger partial charge is 0.174 e. The lowest BCUT2D eigenvalue weighted by Gasteiger charge is -2.06. The van der Waals surface area contributed by atoms with Gasteiger partial charge in [-0.25, -0.2) is 0 Å². The van der Waals surface area contributed by atoms with Crippen LogP contribution < -0.4 is 0 Å². The molecule has 0 aliphatic carbocycles. The highest BCUT2D eigenvalue weighted by atomic mass is 16.6. The quantitative estimate of drug-likeness (QED) is 0.813. The van der Waals surface area contributed by atoms with Gasteiger partial charge in [-0.05, 0) is 24.1 Å². The van der Waals surface area contributed by atoms with E-state index >= 15 is 0 Å². The monoisotopic (exact) mass is 253 g/mol. The van der Waals surface area contributed by atoms with Gasteiger partial charge in [0.25, 0.3) is 0 Å². The zero-order valence-corrected chi connectivity index (χ0v) is 10.7. The number of hydrogen-bond donors (Lipinski definition) is 0. The van der Waals surface area contributed by atoms with Crippen molar-refractivity contribution in [2.45, 2.75) is 19.4 Å². The lowest BCUT2D eigenvalue weighted by atomic mass is 10.0. The second kappa shape index (κ2) is 5.18. The second-order valence-electron chi connectivity index (χ2n) is 4.69. The number of oxime groups is 1. The Morgan fingerprint density at radius 3 is 3.11 bits per heavy atom. The molecule has 2 aliphatic heterocycles. The van der Waals surface area contributed by atoms with Crippen molar-refractivity contribution in [2.75, 3.05) is 0 Å². The molecule has 2 aliphatic rings. The van der Waals surface area contributed by atoms with Gasteiger partial charge in [-0.3, -0.25) is 9.98 Å². The minimum atomic E-state index is -0.0959. The predicted octanol–water partition coefficient (Wildman–Crippen LogP) is 2.74. The van der Waals surface area contributed by atoms with Crippen LogP contribution in [-0.2, 0) is 4.84 Å². The van der Waals surface area contributed by atoms with E-state index in [-0.39, 0.29) is 6.10 Å². The second-order valence-corrected chi connectivity index (χ2v) is 4.69. The average molecular weight is 253 g/mol. The van der Waals surface area contributed by atoms with E-state index in [2.05, 4.69) is 34.2 Å². The van der Waals surface area contributed by atoms with Gasteiger partial charge in [-0.1, -0.05) is 24.2 Å². The molecule has 0 aromatic carbocycles. The van der Waals surface area contributed by atoms with Crippen molar-refractivity contribution in [3.63, 3.8) is 0 Å². The molecule has 3 rings (SSSR count). The molecular weight excluding hydrogens is 238 g/mol. The van der Waals surface area contributed by atoms with Crippen LogP contribution in [0.2, 0.25) is 0 Å². The Kier molecular flexibility index (Phi) is 3.23. The van der Waals surface area contributed by atoms with Crippen LogP contribution in [0.1, 0.15) is 18.9 Å². The largest absolute Gasteiger partial charge is 0.385 e. The normalized spacial score (nSPS) is 25.5. The molecule has 2 atom stereocenters. The molecule has 96 valence electrons. The van der Waals surface area contributed by atoms with Gasteiger partial charge in [-0.15, -0.1) is 0 Å². The van der Waals surface area contributed by atoms with Crippen molar-refractivity contribution in [3.8, 4) is 0 Å². The molecule has 1 aromatic rings. The fourth-order valence-electron chi connectivity index (χ4n) is 2.05. The molecule has 0 bridgehead atoms. The Labute approximate surface area is 112 Å². The number of aromatic nitrogens is 1. The zero-order chi connectivity index (χ0) is 13.1. The molecule has 0 amide bonds. The van der Waals surface area contributed by atoms with Crippen molar-refractivity contribution in [2.24, 2.45) is 16.1 Å². The summed E-state index contributed by atoms with van der Waals surface area (Å²) in [6.45, 7) is 2.12. The fraction of sp³-hybridized carbons (Fsp3) is 0.267. The first-order valence-corrected chi connectivity index (χ1v) is 6.38. The minimum absolute atomic E-state index is 0.0959. The van der Waals surface area contributed by atoms with Crippen LogP contribution in [0.3, 0.4) is 0 Å². The summed E-state index contributed by atoms with van der Waals surface area (Å²) in [5.41, 5.74) is 2.85. The Morgan fingerprint density at radius 2 is 2.26 bits per heavy atom. The Morgan fingerprint density at radius 1 is 1.32 bits per heavy atom. The lowest BCUT2D eigenvalue weighted by molar-refractivity contribution is 0.133. The Hall–Kier alpha value is -2.23. The SMILES string of the molecule is CC1C=CN=C(C2CC(c3cccnc3)=NO2)C=C1. The van der Waals surface area contributed by atoms with Gasteiger partial charge in [0, 0.05) is 30.6 Å². The van der Waals surface area contributed by atoms with E-state index in [4.69, 9.17) is 4.84 Å². The van der Waals surface area contributed by atoms with E-state index in [1.807, 2.05) is 24.4 Å². The summed E-state index contributed by atoms with van der Waals surface area (Å²) in [5.74, 6) is 0.404. The van der Waals surface area contributed by atoms with Gasteiger partial charge in [0.1, 0.15) is 0 Å². The maximum absolute atomic E-state index is 5.49. The first-order valence-electron chi connectivity index (χ1n) is 6.38. The van der Waals surface area contributed by atoms with E-state index in [0.29, 0.717) is 5.92 Å². The van der Waals surface area contributed by atoms with E-state index in [0.717, 1.165) is 23.4 Å². The number of rotatable bonds is 2. The van der Waals surface area contributed by atoms with E-state index < -0.39 is 0 Å². The van der Waals surface area contributed by atoms with E-state index in [9.17, 15) is 0 Å². The molecule has 0 saturated heterocycles. The number of aliphatic imine (C=N–C) groups is 1. The summed E-state index contributed by atoms with van der Waals surface area (Å²) >= 11 is 0. The average Bonchev–Trinajstić information content (AvgIpc) is 2.84. The summed E-state index contributed by atoms with van der Waals surface area (Å²) in [5, 5.41) is 4.15. The molecule has 4 nitrogen and oxygen atoms in total. The molecule has 0 N–H and O–H groups in total. The molecule has 3 heterocycles. The van der Waals surface area contributed by atoms with Gasteiger partial charge in [0.05, 0.1) is 11.4 Å². The van der Waals surface area contributed by atoms with Crippen LogP contribution >= 0.6 is 0 Å². The highest BCUT2D eigenvalue weighted by molar-refractivity contribution is 6.07. The zero-order valence-electron chi connectivity index (χ0n) is 10.7. The topological polar surface area (TPSA) is 46.8 Å². The molecule has 0 fully saturated rings. The third kappa shape index (κ3) is 2.62. The molecule has 1 aromatic heterocycles. The molecule has 19 heavy (non-hydrogen) atoms. The minimum Gasteiger partial charge on any atom is -0.385 e. The third-order valence-corrected chi connectivity index (χ3v) is 3.18. The Bertz CT molecular complexity index is 572. The van der Waals surface area contributed by atoms with Crippen LogP contribution in [-0.4, -0.2) is 22.5 Å². The number of hydrogen-bond acceptors (Lipinski definition) is 4. The van der Waals surface area contributed by atoms with Crippen molar-refractivity contribution < 1.29 is 4.84 Å². The van der Waals surface area contributed by atoms with Crippen molar-refractivity contribution >= 4 is 11.4 Å². The molecule has 4 heteroatoms. The van der Waals surface area contributed by atoms with Crippen molar-refractivity contribution in [3.05, 3.63) is 54.5 Å². The van der Waals surface area contributed by atoms with Crippen LogP contribution in [0.25, 0.3) is 0 Å². The van der Waals surface area contributed by atoms with Gasteiger partial charge in [0.2, 0.25) is 0 Å². The van der Waals surface area contributed by atoms with Crippen LogP contribution in [0.15, 0.2) is 59.1 Å². The summed E-state index contributed by atoms with van der Waals surface area (Å²) in [6, 6.07) is 3.89. The standard InChI is InChI=1S/C15H15N3O/c1-11-4-5-13(17-8-6-11)15-9-14(18-19-15)12-3-2-7-16-10-12/h2-8,10-11,15H,9H2,1H3. The van der Waals surface area contributed by atoms with Gasteiger partial charge in [0.15, 0.2) is 6.10 Å². The van der Waals surface area contributed by atoms with Crippen molar-refractivity contribution in [1.82, 2.24) is 4.98 Å². The van der Waals surface area contributed by atoms with Gasteiger partial charge < -0.3 is 4.84 Å². The van der Waals surface area contributed by atoms with Crippen LogP contribution in [0, 0.1) is 5.92 Å². The number of nitrogens with zero attached hydrogens (tertiary/aromatic N) is 3. The lowest BCUT2D eigenvalue weighted by Crippen LogP contribution is -2.19.